The van der Waals surface area contributed by atoms with E-state index in [1.807, 2.05) is 80.1 Å². The Morgan fingerprint density at radius 1 is 0.384 bits per heavy atom. The molecule has 12 aromatic rings. The Morgan fingerprint density at radius 3 is 1.27 bits per heavy atom. The number of nitrogens with zero attached hydrogens (tertiary/aromatic N) is 22. The SMILES string of the molecule is CCOc1cc2ncnc(N3CCN(c4ncc(Cc5ccccc5)c(N)n4)CC3)c2cc1OCC1CCN(C)CC1.COc1cc2c(N3CCN(c4ncc(Cc5ccccc5)cn4)CC3)ncnc2cc1OCCCN1CCN(C)CC1.COc1cc2ncnc(N3CCN(c4ncc(Oc5ccc(F)cc5)cn4)CC3)c2cc1OCC1CCN(C)CC1. The number of aromatic nitrogens is 12. The van der Waals surface area contributed by atoms with E-state index in [1.54, 1.807) is 57.7 Å². The summed E-state index contributed by atoms with van der Waals surface area (Å²) in [7, 11) is 9.88. The molecule has 18 rings (SSSR count). The monoisotopic (exact) mass is 1700 g/mol. The maximum Gasteiger partial charge on any atom is 0.227 e. The molecule has 6 saturated heterocycles. The maximum atomic E-state index is 13.1. The predicted molar refractivity (Wildman–Crippen MR) is 487 cm³/mol. The fraction of sp³-hybridized carbons (Fsp3) is 0.426. The number of benzene rings is 6. The van der Waals surface area contributed by atoms with Crippen LogP contribution >= 0.6 is 0 Å². The van der Waals surface area contributed by atoms with E-state index in [2.05, 4.69) is 167 Å². The number of anilines is 7. The summed E-state index contributed by atoms with van der Waals surface area (Å²) >= 11 is 0. The summed E-state index contributed by atoms with van der Waals surface area (Å²) < 4.78 is 55.1. The number of nitrogens with two attached hydrogens (primary N) is 1. The Kier molecular flexibility index (Phi) is 28.8. The lowest BCUT2D eigenvalue weighted by Gasteiger charge is -2.36. The Bertz CT molecular complexity index is 5450. The van der Waals surface area contributed by atoms with Gasteiger partial charge in [0.05, 0.1) is 69.6 Å². The van der Waals surface area contributed by atoms with Crippen molar-refractivity contribution in [2.45, 2.75) is 51.9 Å². The number of piperidine rings is 2. The van der Waals surface area contributed by atoms with Crippen LogP contribution in [0.3, 0.4) is 0 Å². The second-order valence-electron chi connectivity index (χ2n) is 32.8. The van der Waals surface area contributed by atoms with E-state index < -0.39 is 0 Å². The third-order valence-corrected chi connectivity index (χ3v) is 24.2. The Balaban J connectivity index is 0.000000138. The zero-order valence-corrected chi connectivity index (χ0v) is 72.6. The van der Waals surface area contributed by atoms with Crippen molar-refractivity contribution in [3.63, 3.8) is 0 Å². The summed E-state index contributed by atoms with van der Waals surface area (Å²) in [6, 6.07) is 38.5. The van der Waals surface area contributed by atoms with Gasteiger partial charge < -0.3 is 87.9 Å². The molecule has 6 aromatic heterocycles. The quantitative estimate of drug-likeness (QED) is 0.0468. The molecule has 6 fully saturated rings. The number of hydrogen-bond donors (Lipinski definition) is 1. The molecule has 6 aromatic carbocycles. The fourth-order valence-corrected chi connectivity index (χ4v) is 16.7. The van der Waals surface area contributed by atoms with Crippen LogP contribution in [0.4, 0.5) is 45.5 Å². The van der Waals surface area contributed by atoms with Crippen molar-refractivity contribution in [2.24, 2.45) is 11.8 Å². The first-order valence-electron chi connectivity index (χ1n) is 43.8. The summed E-state index contributed by atoms with van der Waals surface area (Å²) in [4.78, 5) is 78.4. The minimum Gasteiger partial charge on any atom is -0.493 e. The standard InChI is InChI=1S/2C32H40N8O2.C30H34FN7O3/c1-37-10-12-38(13-11-37)9-6-18-42-30-21-28-27(20-29(30)41-2)31(36-24-35-28)39-14-16-40(17-15-39)32-33-22-26(23-34-32)19-25-7-4-3-5-8-25;1-3-41-29-19-27-26(18-28(29)42-21-24-9-11-38(2)12-10-24)31(36-22-35-27)39-13-15-40(16-14-39)32-34-20-25(30(33)37-32)17-23-7-5-4-6-8-23;1-36-9-7-21(8-10-36)19-40-28-15-25-26(16-27(28)39-2)34-20-35-29(25)37-11-13-38(14-12-37)30-32-17-24(18-33-30)41-23-5-3-22(31)4-6-23/h3-5,7-8,20-24H,6,9-19H2,1-2H3;4-8,18-20,22,24H,3,9-17,21H2,1-2H3,(H2,33,34,37);3-6,15-18,20-21H,7-14,19H2,1-2H3. The van der Waals surface area contributed by atoms with Crippen molar-refractivity contribution < 1.29 is 37.5 Å². The van der Waals surface area contributed by atoms with Gasteiger partial charge in [0.25, 0.3) is 0 Å². The van der Waals surface area contributed by atoms with E-state index in [-0.39, 0.29) is 5.82 Å². The molecule has 0 bridgehead atoms. The molecule has 0 amide bonds. The normalized spacial score (nSPS) is 16.6. The van der Waals surface area contributed by atoms with Crippen molar-refractivity contribution in [3.8, 4) is 46.0 Å². The first-order chi connectivity index (χ1) is 61.3. The average molecular weight is 1700 g/mol. The number of methoxy groups -OCH3 is 2. The van der Waals surface area contributed by atoms with Crippen molar-refractivity contribution in [3.05, 3.63) is 199 Å². The third-order valence-electron chi connectivity index (χ3n) is 24.2. The highest BCUT2D eigenvalue weighted by molar-refractivity contribution is 5.94. The molecule has 2 N–H and O–H groups in total. The molecule has 654 valence electrons. The second kappa shape index (κ2) is 41.8. The van der Waals surface area contributed by atoms with Gasteiger partial charge in [0.2, 0.25) is 17.8 Å². The van der Waals surface area contributed by atoms with Gasteiger partial charge in [-0.15, -0.1) is 0 Å². The van der Waals surface area contributed by atoms with Gasteiger partial charge in [-0.1, -0.05) is 60.7 Å². The molecule has 31 heteroatoms. The topological polar surface area (TPSA) is 278 Å². The van der Waals surface area contributed by atoms with Crippen LogP contribution < -0.4 is 68.3 Å². The van der Waals surface area contributed by atoms with Crippen molar-refractivity contribution >= 4 is 73.8 Å². The zero-order chi connectivity index (χ0) is 85.8. The van der Waals surface area contributed by atoms with Crippen LogP contribution in [0.15, 0.2) is 171 Å². The van der Waals surface area contributed by atoms with Crippen LogP contribution in [0.2, 0.25) is 0 Å². The van der Waals surface area contributed by atoms with E-state index in [9.17, 15) is 4.39 Å². The minimum atomic E-state index is -0.311. The number of likely N-dealkylation sites (N-methyl/N-ethyl adjacent to an activating group) is 1. The molecular weight excluding hydrogens is 1580 g/mol. The van der Waals surface area contributed by atoms with Gasteiger partial charge in [0.1, 0.15) is 53.8 Å². The van der Waals surface area contributed by atoms with Gasteiger partial charge in [-0.05, 0) is 157 Å². The summed E-state index contributed by atoms with van der Waals surface area (Å²) in [5, 5.41) is 2.88. The number of piperazine rings is 4. The molecule has 6 aliphatic heterocycles. The lowest BCUT2D eigenvalue weighted by Crippen LogP contribution is -2.47. The number of halogens is 1. The lowest BCUT2D eigenvalue weighted by molar-refractivity contribution is 0.145. The average Bonchev–Trinajstić information content (AvgIpc) is 0.787. The second-order valence-corrected chi connectivity index (χ2v) is 32.8. The van der Waals surface area contributed by atoms with E-state index >= 15 is 0 Å². The first kappa shape index (κ1) is 86.1. The first-order valence-corrected chi connectivity index (χ1v) is 43.8. The molecule has 0 aliphatic carbocycles. The van der Waals surface area contributed by atoms with Gasteiger partial charge in [0, 0.05) is 183 Å². The van der Waals surface area contributed by atoms with Crippen LogP contribution in [-0.2, 0) is 12.8 Å². The van der Waals surface area contributed by atoms with Crippen LogP contribution in [-0.4, -0.2) is 279 Å². The van der Waals surface area contributed by atoms with E-state index in [0.29, 0.717) is 79.0 Å². The molecule has 0 unspecified atom stereocenters. The lowest BCUT2D eigenvalue weighted by atomic mass is 9.98. The number of rotatable bonds is 27. The highest BCUT2D eigenvalue weighted by Crippen LogP contribution is 2.40. The summed E-state index contributed by atoms with van der Waals surface area (Å²) in [6.07, 6.45) is 21.0. The fourth-order valence-electron chi connectivity index (χ4n) is 16.7. The summed E-state index contributed by atoms with van der Waals surface area (Å²) in [5.41, 5.74) is 13.4. The highest BCUT2D eigenvalue weighted by Gasteiger charge is 2.30. The van der Waals surface area contributed by atoms with Gasteiger partial charge in [-0.2, -0.15) is 4.98 Å². The molecule has 0 radical (unpaired) electrons. The van der Waals surface area contributed by atoms with Gasteiger partial charge >= 0.3 is 0 Å². The zero-order valence-electron chi connectivity index (χ0n) is 72.6. The summed E-state index contributed by atoms with van der Waals surface area (Å²) in [5.74, 6) is 11.5. The predicted octanol–water partition coefficient (Wildman–Crippen LogP) is 11.8. The number of nitrogen functional groups attached to an aromatic ring is 1. The van der Waals surface area contributed by atoms with Crippen molar-refractivity contribution in [1.29, 1.82) is 0 Å². The van der Waals surface area contributed by atoms with Crippen LogP contribution in [0.1, 0.15) is 61.3 Å². The largest absolute Gasteiger partial charge is 0.493 e. The van der Waals surface area contributed by atoms with E-state index in [4.69, 9.17) is 43.9 Å². The minimum absolute atomic E-state index is 0.311. The van der Waals surface area contributed by atoms with Crippen LogP contribution in [0.5, 0.6) is 46.0 Å². The van der Waals surface area contributed by atoms with Crippen molar-refractivity contribution in [2.75, 3.05) is 234 Å². The van der Waals surface area contributed by atoms with Gasteiger partial charge in [0.15, 0.2) is 40.2 Å². The smallest absolute Gasteiger partial charge is 0.227 e. The highest BCUT2D eigenvalue weighted by atomic mass is 19.1. The molecule has 12 heterocycles. The van der Waals surface area contributed by atoms with Gasteiger partial charge in [-0.3, -0.25) is 0 Å². The van der Waals surface area contributed by atoms with E-state index in [0.717, 1.165) is 273 Å². The molecular formula is C94H114FN23O7. The maximum absolute atomic E-state index is 13.1. The molecule has 0 atom stereocenters. The number of hydrogen-bond acceptors (Lipinski definition) is 30. The number of fused-ring (bicyclic) bond motifs is 3. The number of ether oxygens (including phenoxy) is 7. The Labute approximate surface area is 730 Å². The number of likely N-dealkylation sites (tertiary alicyclic amines) is 2. The Hall–Kier alpha value is -12.5. The molecule has 30 nitrogen and oxygen atoms in total. The molecule has 125 heavy (non-hydrogen) atoms. The van der Waals surface area contributed by atoms with Gasteiger partial charge in [-0.25, -0.2) is 59.2 Å². The van der Waals surface area contributed by atoms with E-state index in [1.165, 1.54) is 23.3 Å². The van der Waals surface area contributed by atoms with Crippen LogP contribution in [0, 0.1) is 17.7 Å². The molecule has 6 aliphatic rings. The molecule has 0 saturated carbocycles. The summed E-state index contributed by atoms with van der Waals surface area (Å²) in [6.45, 7) is 23.9. The molecule has 0 spiro atoms. The van der Waals surface area contributed by atoms with Crippen molar-refractivity contribution in [1.82, 2.24) is 79.4 Å². The third kappa shape index (κ3) is 22.4. The van der Waals surface area contributed by atoms with Crippen LogP contribution in [0.25, 0.3) is 32.7 Å². The Morgan fingerprint density at radius 2 is 0.792 bits per heavy atom.